The van der Waals surface area contributed by atoms with Crippen LogP contribution in [0.1, 0.15) is 33.1 Å². The topological polar surface area (TPSA) is 41.1 Å². The van der Waals surface area contributed by atoms with E-state index in [1.165, 1.54) is 12.8 Å². The Labute approximate surface area is 98.7 Å². The van der Waals surface area contributed by atoms with Gasteiger partial charge < -0.3 is 10.6 Å². The van der Waals surface area contributed by atoms with Crippen molar-refractivity contribution >= 4 is 5.91 Å². The quantitative estimate of drug-likeness (QED) is 0.674. The van der Waals surface area contributed by atoms with Crippen LogP contribution in [0.25, 0.3) is 0 Å². The summed E-state index contributed by atoms with van der Waals surface area (Å²) in [5.41, 5.74) is 0. The fourth-order valence-corrected chi connectivity index (χ4v) is 1.81. The Morgan fingerprint density at radius 2 is 2.25 bits per heavy atom. The molecule has 1 atom stereocenters. The number of carbonyl (C=O) groups excluding carboxylic acids is 1. The number of carbonyl (C=O) groups is 1. The van der Waals surface area contributed by atoms with Gasteiger partial charge in [-0.05, 0) is 37.6 Å². The lowest BCUT2D eigenvalue weighted by molar-refractivity contribution is -0.120. The predicted molar refractivity (Wildman–Crippen MR) is 67.2 cm³/mol. The van der Waals surface area contributed by atoms with Crippen LogP contribution in [0.3, 0.4) is 0 Å². The lowest BCUT2D eigenvalue weighted by atomic mass is 9.94. The highest BCUT2D eigenvalue weighted by atomic mass is 16.1. The third kappa shape index (κ3) is 5.91. The summed E-state index contributed by atoms with van der Waals surface area (Å²) < 4.78 is 0. The lowest BCUT2D eigenvalue weighted by Crippen LogP contribution is -2.37. The zero-order valence-electron chi connectivity index (χ0n) is 10.5. The molecular weight excluding hydrogens is 200 g/mol. The van der Waals surface area contributed by atoms with Gasteiger partial charge in [-0.1, -0.05) is 26.0 Å². The minimum absolute atomic E-state index is 0.111. The third-order valence-corrected chi connectivity index (χ3v) is 2.80. The maximum Gasteiger partial charge on any atom is 0.233 e. The Balaban J connectivity index is 2.01. The number of rotatable bonds is 6. The second-order valence-corrected chi connectivity index (χ2v) is 4.98. The van der Waals surface area contributed by atoms with E-state index in [0.717, 1.165) is 19.5 Å². The average Bonchev–Trinajstić information content (AvgIpc) is 2.28. The van der Waals surface area contributed by atoms with E-state index in [0.29, 0.717) is 18.4 Å². The fourth-order valence-electron chi connectivity index (χ4n) is 1.81. The summed E-state index contributed by atoms with van der Waals surface area (Å²) in [6, 6.07) is 0. The van der Waals surface area contributed by atoms with Gasteiger partial charge in [0.15, 0.2) is 0 Å². The van der Waals surface area contributed by atoms with Crippen LogP contribution in [-0.4, -0.2) is 25.5 Å². The molecule has 3 heteroatoms. The van der Waals surface area contributed by atoms with Crippen LogP contribution in [0, 0.1) is 11.8 Å². The Morgan fingerprint density at radius 1 is 1.44 bits per heavy atom. The SMILES string of the molecule is CC(C)CNC(=O)CNCC1CC=CCC1. The molecule has 0 aromatic carbocycles. The third-order valence-electron chi connectivity index (χ3n) is 2.80. The van der Waals surface area contributed by atoms with E-state index in [9.17, 15) is 4.79 Å². The number of allylic oxidation sites excluding steroid dienone is 2. The first-order valence-electron chi connectivity index (χ1n) is 6.31. The van der Waals surface area contributed by atoms with Gasteiger partial charge in [-0.2, -0.15) is 0 Å². The Kier molecular flexibility index (Phi) is 6.16. The first kappa shape index (κ1) is 13.2. The Bertz CT molecular complexity index is 236. The van der Waals surface area contributed by atoms with Crippen LogP contribution in [0.4, 0.5) is 0 Å². The Morgan fingerprint density at radius 3 is 2.88 bits per heavy atom. The summed E-state index contributed by atoms with van der Waals surface area (Å²) >= 11 is 0. The molecular formula is C13H24N2O. The molecule has 1 aliphatic carbocycles. The molecule has 1 amide bonds. The molecule has 1 rings (SSSR count). The van der Waals surface area contributed by atoms with Crippen molar-refractivity contribution in [2.75, 3.05) is 19.6 Å². The highest BCUT2D eigenvalue weighted by Gasteiger charge is 2.09. The van der Waals surface area contributed by atoms with Crippen molar-refractivity contribution in [2.24, 2.45) is 11.8 Å². The standard InChI is InChI=1S/C13H24N2O/c1-11(2)8-15-13(16)10-14-9-12-6-4-3-5-7-12/h3-4,11-12,14H,5-10H2,1-2H3,(H,15,16). The molecule has 0 heterocycles. The van der Waals surface area contributed by atoms with Gasteiger partial charge in [-0.25, -0.2) is 0 Å². The van der Waals surface area contributed by atoms with E-state index in [4.69, 9.17) is 0 Å². The van der Waals surface area contributed by atoms with Gasteiger partial charge in [0.1, 0.15) is 0 Å². The molecule has 1 unspecified atom stereocenters. The molecule has 0 bridgehead atoms. The number of nitrogens with one attached hydrogen (secondary N) is 2. The van der Waals surface area contributed by atoms with Gasteiger partial charge in [0.05, 0.1) is 6.54 Å². The molecule has 0 aromatic rings. The molecule has 0 saturated carbocycles. The molecule has 2 N–H and O–H groups in total. The van der Waals surface area contributed by atoms with E-state index in [1.54, 1.807) is 0 Å². The van der Waals surface area contributed by atoms with Crippen molar-refractivity contribution in [2.45, 2.75) is 33.1 Å². The van der Waals surface area contributed by atoms with Gasteiger partial charge >= 0.3 is 0 Å². The molecule has 1 aliphatic rings. The van der Waals surface area contributed by atoms with Crippen LogP contribution < -0.4 is 10.6 Å². The summed E-state index contributed by atoms with van der Waals surface area (Å²) in [6.45, 7) is 6.38. The maximum atomic E-state index is 11.4. The van der Waals surface area contributed by atoms with Crippen LogP contribution in [0.2, 0.25) is 0 Å². The Hall–Kier alpha value is -0.830. The smallest absolute Gasteiger partial charge is 0.233 e. The normalized spacial score (nSPS) is 20.1. The minimum atomic E-state index is 0.111. The monoisotopic (exact) mass is 224 g/mol. The van der Waals surface area contributed by atoms with E-state index in [2.05, 4.69) is 36.6 Å². The molecule has 16 heavy (non-hydrogen) atoms. The highest BCUT2D eigenvalue weighted by Crippen LogP contribution is 2.16. The van der Waals surface area contributed by atoms with Crippen LogP contribution in [-0.2, 0) is 4.79 Å². The van der Waals surface area contributed by atoms with Gasteiger partial charge in [0.2, 0.25) is 5.91 Å². The maximum absolute atomic E-state index is 11.4. The molecule has 0 aromatic heterocycles. The fraction of sp³-hybridized carbons (Fsp3) is 0.769. The van der Waals surface area contributed by atoms with Gasteiger partial charge in [0, 0.05) is 6.54 Å². The highest BCUT2D eigenvalue weighted by molar-refractivity contribution is 5.77. The van der Waals surface area contributed by atoms with E-state index in [1.807, 2.05) is 0 Å². The van der Waals surface area contributed by atoms with Crippen molar-refractivity contribution in [3.8, 4) is 0 Å². The average molecular weight is 224 g/mol. The van der Waals surface area contributed by atoms with Crippen molar-refractivity contribution in [3.05, 3.63) is 12.2 Å². The molecule has 0 aliphatic heterocycles. The second kappa shape index (κ2) is 7.44. The number of amides is 1. The zero-order valence-corrected chi connectivity index (χ0v) is 10.5. The van der Waals surface area contributed by atoms with Crippen LogP contribution >= 0.6 is 0 Å². The van der Waals surface area contributed by atoms with Gasteiger partial charge in [-0.3, -0.25) is 4.79 Å². The molecule has 0 saturated heterocycles. The number of hydrogen-bond donors (Lipinski definition) is 2. The van der Waals surface area contributed by atoms with E-state index in [-0.39, 0.29) is 5.91 Å². The zero-order chi connectivity index (χ0) is 11.8. The van der Waals surface area contributed by atoms with Gasteiger partial charge in [-0.15, -0.1) is 0 Å². The first-order chi connectivity index (χ1) is 7.68. The van der Waals surface area contributed by atoms with Gasteiger partial charge in [0.25, 0.3) is 0 Å². The largest absolute Gasteiger partial charge is 0.355 e. The molecule has 0 radical (unpaired) electrons. The van der Waals surface area contributed by atoms with E-state index < -0.39 is 0 Å². The summed E-state index contributed by atoms with van der Waals surface area (Å²) in [7, 11) is 0. The predicted octanol–water partition coefficient (Wildman–Crippen LogP) is 1.70. The van der Waals surface area contributed by atoms with Crippen LogP contribution in [0.15, 0.2) is 12.2 Å². The summed E-state index contributed by atoms with van der Waals surface area (Å²) in [6.07, 6.45) is 8.07. The minimum Gasteiger partial charge on any atom is -0.355 e. The summed E-state index contributed by atoms with van der Waals surface area (Å²) in [5.74, 6) is 1.34. The summed E-state index contributed by atoms with van der Waals surface area (Å²) in [4.78, 5) is 11.4. The van der Waals surface area contributed by atoms with Crippen molar-refractivity contribution in [1.82, 2.24) is 10.6 Å². The van der Waals surface area contributed by atoms with Crippen molar-refractivity contribution in [3.63, 3.8) is 0 Å². The molecule has 92 valence electrons. The second-order valence-electron chi connectivity index (χ2n) is 4.98. The molecule has 3 nitrogen and oxygen atoms in total. The first-order valence-corrected chi connectivity index (χ1v) is 6.31. The van der Waals surface area contributed by atoms with Crippen LogP contribution in [0.5, 0.6) is 0 Å². The lowest BCUT2D eigenvalue weighted by Gasteiger charge is -2.18. The van der Waals surface area contributed by atoms with Crippen molar-refractivity contribution in [1.29, 1.82) is 0 Å². The number of hydrogen-bond acceptors (Lipinski definition) is 2. The summed E-state index contributed by atoms with van der Waals surface area (Å²) in [5, 5.41) is 6.14. The van der Waals surface area contributed by atoms with Crippen molar-refractivity contribution < 1.29 is 4.79 Å². The van der Waals surface area contributed by atoms with E-state index >= 15 is 0 Å². The molecule has 0 fully saturated rings. The molecule has 0 spiro atoms.